The van der Waals surface area contributed by atoms with Gasteiger partial charge in [-0.05, 0) is 61.3 Å². The molecule has 6 heteroatoms. The lowest BCUT2D eigenvalue weighted by Crippen LogP contribution is -2.38. The van der Waals surface area contributed by atoms with Crippen LogP contribution >= 0.6 is 0 Å². The van der Waals surface area contributed by atoms with Crippen LogP contribution in [-0.2, 0) is 21.2 Å². The maximum absolute atomic E-state index is 12.7. The Bertz CT molecular complexity index is 759. The first-order chi connectivity index (χ1) is 10.9. The molecule has 4 rings (SSSR count). The molecule has 1 heterocycles. The van der Waals surface area contributed by atoms with Gasteiger partial charge in [-0.25, -0.2) is 13.1 Å². The largest absolute Gasteiger partial charge is 0.312 e. The van der Waals surface area contributed by atoms with Gasteiger partial charge in [0.15, 0.2) is 0 Å². The van der Waals surface area contributed by atoms with Gasteiger partial charge in [-0.1, -0.05) is 6.42 Å². The summed E-state index contributed by atoms with van der Waals surface area (Å²) in [5.41, 5.74) is 1.78. The van der Waals surface area contributed by atoms with E-state index in [9.17, 15) is 13.2 Å². The number of fused-ring (bicyclic) bond motifs is 3. The average molecular weight is 334 g/mol. The van der Waals surface area contributed by atoms with Gasteiger partial charge in [0.05, 0.1) is 4.90 Å². The van der Waals surface area contributed by atoms with Crippen LogP contribution in [0.3, 0.4) is 0 Å². The summed E-state index contributed by atoms with van der Waals surface area (Å²) in [5, 5.41) is 0. The van der Waals surface area contributed by atoms with Crippen LogP contribution in [0.25, 0.3) is 0 Å². The highest BCUT2D eigenvalue weighted by Gasteiger charge is 2.41. The van der Waals surface area contributed by atoms with Crippen LogP contribution in [0, 0.1) is 11.8 Å². The lowest BCUT2D eigenvalue weighted by atomic mass is 9.96. The summed E-state index contributed by atoms with van der Waals surface area (Å²) >= 11 is 0. The van der Waals surface area contributed by atoms with Crippen molar-refractivity contribution < 1.29 is 13.2 Å². The Morgan fingerprint density at radius 2 is 2.09 bits per heavy atom. The van der Waals surface area contributed by atoms with E-state index in [1.54, 1.807) is 23.1 Å². The number of carbonyl (C=O) groups excluding carboxylic acids is 1. The maximum atomic E-state index is 12.7. The summed E-state index contributed by atoms with van der Waals surface area (Å²) in [6, 6.07) is 5.21. The van der Waals surface area contributed by atoms with E-state index >= 15 is 0 Å². The smallest absolute Gasteiger partial charge is 0.240 e. The van der Waals surface area contributed by atoms with Crippen LogP contribution in [0.1, 0.15) is 38.2 Å². The van der Waals surface area contributed by atoms with Gasteiger partial charge in [0.1, 0.15) is 0 Å². The zero-order chi connectivity index (χ0) is 16.2. The van der Waals surface area contributed by atoms with Crippen LogP contribution in [-0.4, -0.2) is 26.9 Å². The summed E-state index contributed by atoms with van der Waals surface area (Å²) in [6.07, 6.45) is 5.27. The lowest BCUT2D eigenvalue weighted by Gasteiger charge is -2.23. The topological polar surface area (TPSA) is 66.5 Å². The number of amides is 1. The summed E-state index contributed by atoms with van der Waals surface area (Å²) in [6.45, 7) is 2.17. The molecule has 2 aliphatic carbocycles. The van der Waals surface area contributed by atoms with Gasteiger partial charge in [-0.15, -0.1) is 0 Å². The molecule has 1 aromatic rings. The van der Waals surface area contributed by atoms with E-state index in [-0.39, 0.29) is 11.9 Å². The molecule has 2 saturated carbocycles. The Morgan fingerprint density at radius 1 is 1.26 bits per heavy atom. The van der Waals surface area contributed by atoms with E-state index in [4.69, 9.17) is 0 Å². The van der Waals surface area contributed by atoms with E-state index < -0.39 is 10.0 Å². The molecule has 0 saturated heterocycles. The van der Waals surface area contributed by atoms with E-state index in [1.165, 1.54) is 19.8 Å². The first-order valence-corrected chi connectivity index (χ1v) is 9.86. The third-order valence-corrected chi connectivity index (χ3v) is 7.17. The highest BCUT2D eigenvalue weighted by Crippen LogP contribution is 2.45. The molecule has 0 radical (unpaired) electrons. The standard InChI is InChI=1S/C17H22N2O3S/c1-11(20)19-7-6-14-10-15(4-5-17(14)19)23(21,22)18-16-9-12-2-3-13(16)8-12/h4-5,10,12-13,16,18H,2-3,6-9H2,1H3/t12-,13+,16+/m0/s1. The molecule has 0 spiro atoms. The SMILES string of the molecule is CC(=O)N1CCc2cc(S(=O)(=O)N[C@@H]3C[C@H]4CC[C@@H]3C4)ccc21. The first-order valence-electron chi connectivity index (χ1n) is 8.37. The number of hydrogen-bond acceptors (Lipinski definition) is 3. The van der Waals surface area contributed by atoms with Gasteiger partial charge in [-0.3, -0.25) is 4.79 Å². The highest BCUT2D eigenvalue weighted by molar-refractivity contribution is 7.89. The van der Waals surface area contributed by atoms with E-state index in [1.807, 2.05) is 0 Å². The minimum atomic E-state index is -3.48. The average Bonchev–Trinajstić information content (AvgIpc) is 3.20. The third-order valence-electron chi connectivity index (χ3n) is 5.68. The Labute approximate surface area is 137 Å². The van der Waals surface area contributed by atoms with Crippen LogP contribution in [0.2, 0.25) is 0 Å². The Balaban J connectivity index is 1.57. The van der Waals surface area contributed by atoms with Crippen molar-refractivity contribution in [2.24, 2.45) is 11.8 Å². The molecule has 3 aliphatic rings. The molecule has 1 aliphatic heterocycles. The number of hydrogen-bond donors (Lipinski definition) is 1. The van der Waals surface area contributed by atoms with Crippen LogP contribution in [0.5, 0.6) is 0 Å². The van der Waals surface area contributed by atoms with Gasteiger partial charge >= 0.3 is 0 Å². The van der Waals surface area contributed by atoms with Crippen LogP contribution < -0.4 is 9.62 Å². The van der Waals surface area contributed by atoms with Crippen molar-refractivity contribution in [1.29, 1.82) is 0 Å². The Hall–Kier alpha value is -1.40. The number of rotatable bonds is 3. The monoisotopic (exact) mass is 334 g/mol. The lowest BCUT2D eigenvalue weighted by molar-refractivity contribution is -0.116. The summed E-state index contributed by atoms with van der Waals surface area (Å²) < 4.78 is 28.3. The van der Waals surface area contributed by atoms with Gasteiger partial charge < -0.3 is 4.90 Å². The number of nitrogens with one attached hydrogen (secondary N) is 1. The predicted octanol–water partition coefficient (Wildman–Crippen LogP) is 2.06. The van der Waals surface area contributed by atoms with E-state index in [0.717, 1.165) is 24.1 Å². The van der Waals surface area contributed by atoms with Crippen molar-refractivity contribution in [2.75, 3.05) is 11.4 Å². The van der Waals surface area contributed by atoms with Crippen molar-refractivity contribution in [3.05, 3.63) is 23.8 Å². The van der Waals surface area contributed by atoms with Crippen molar-refractivity contribution in [3.63, 3.8) is 0 Å². The second kappa shape index (κ2) is 5.31. The molecule has 5 nitrogen and oxygen atoms in total. The number of anilines is 1. The number of nitrogens with zero attached hydrogens (tertiary/aromatic N) is 1. The number of benzene rings is 1. The molecule has 2 fully saturated rings. The Morgan fingerprint density at radius 3 is 2.74 bits per heavy atom. The van der Waals surface area contributed by atoms with Crippen molar-refractivity contribution in [1.82, 2.24) is 4.72 Å². The quantitative estimate of drug-likeness (QED) is 0.920. The third kappa shape index (κ3) is 2.58. The minimum absolute atomic E-state index is 0.000497. The van der Waals surface area contributed by atoms with Crippen molar-refractivity contribution >= 4 is 21.6 Å². The van der Waals surface area contributed by atoms with Crippen molar-refractivity contribution in [2.45, 2.75) is 50.0 Å². The van der Waals surface area contributed by atoms with Gasteiger partial charge in [-0.2, -0.15) is 0 Å². The fourth-order valence-electron chi connectivity index (χ4n) is 4.53. The fourth-order valence-corrected chi connectivity index (χ4v) is 5.90. The molecule has 3 atom stereocenters. The summed E-state index contributed by atoms with van der Waals surface area (Å²) in [4.78, 5) is 13.6. The predicted molar refractivity (Wildman–Crippen MR) is 87.7 cm³/mol. The maximum Gasteiger partial charge on any atom is 0.240 e. The van der Waals surface area contributed by atoms with Crippen molar-refractivity contribution in [3.8, 4) is 0 Å². The minimum Gasteiger partial charge on any atom is -0.312 e. The zero-order valence-electron chi connectivity index (χ0n) is 13.3. The molecule has 1 amide bonds. The number of sulfonamides is 1. The van der Waals surface area contributed by atoms with Gasteiger partial charge in [0, 0.05) is 25.2 Å². The summed E-state index contributed by atoms with van der Waals surface area (Å²) in [5.74, 6) is 1.22. The Kier molecular flexibility index (Phi) is 3.50. The molecule has 1 N–H and O–H groups in total. The molecule has 0 unspecified atom stereocenters. The molecule has 0 aromatic heterocycles. The molecule has 124 valence electrons. The number of carbonyl (C=O) groups is 1. The highest BCUT2D eigenvalue weighted by atomic mass is 32.2. The van der Waals surface area contributed by atoms with E-state index in [0.29, 0.717) is 29.7 Å². The molecule has 2 bridgehead atoms. The second-order valence-corrected chi connectivity index (χ2v) is 8.83. The molecule has 1 aromatic carbocycles. The van der Waals surface area contributed by atoms with Gasteiger partial charge in [0.2, 0.25) is 15.9 Å². The van der Waals surface area contributed by atoms with Crippen LogP contribution in [0.15, 0.2) is 23.1 Å². The van der Waals surface area contributed by atoms with Gasteiger partial charge in [0.25, 0.3) is 0 Å². The van der Waals surface area contributed by atoms with E-state index in [2.05, 4.69) is 4.72 Å². The molecular weight excluding hydrogens is 312 g/mol. The molecule has 23 heavy (non-hydrogen) atoms. The normalized spacial score (nSPS) is 29.1. The molecular formula is C17H22N2O3S. The van der Waals surface area contributed by atoms with Crippen LogP contribution in [0.4, 0.5) is 5.69 Å². The second-order valence-electron chi connectivity index (χ2n) is 7.11. The summed E-state index contributed by atoms with van der Waals surface area (Å²) in [7, 11) is -3.48. The zero-order valence-corrected chi connectivity index (χ0v) is 14.1. The first kappa shape index (κ1) is 15.1. The fraction of sp³-hybridized carbons (Fsp3) is 0.588.